The molecule has 0 aliphatic carbocycles. The maximum atomic E-state index is 11.8. The van der Waals surface area contributed by atoms with Gasteiger partial charge in [0.1, 0.15) is 10.8 Å². The molecule has 0 aromatic carbocycles. The third-order valence-electron chi connectivity index (χ3n) is 2.55. The van der Waals surface area contributed by atoms with Crippen LogP contribution in [0.15, 0.2) is 22.2 Å². The number of nitrogens with one attached hydrogen (secondary N) is 2. The number of hydrogen-bond acceptors (Lipinski definition) is 6. The van der Waals surface area contributed by atoms with Gasteiger partial charge in [0.15, 0.2) is 5.82 Å². The number of hydrogen-bond donors (Lipinski definition) is 2. The zero-order valence-corrected chi connectivity index (χ0v) is 11.9. The normalized spacial score (nSPS) is 11.5. The molecule has 6 nitrogen and oxygen atoms in total. The Hall–Kier alpha value is -1.73. The number of amides is 1. The van der Waals surface area contributed by atoms with Gasteiger partial charge in [-0.15, -0.1) is 11.3 Å². The molecular formula is C12H16N4O2S. The van der Waals surface area contributed by atoms with Crippen LogP contribution in [0.3, 0.4) is 0 Å². The van der Waals surface area contributed by atoms with Crippen LogP contribution in [-0.2, 0) is 10.3 Å². The van der Waals surface area contributed by atoms with Crippen molar-refractivity contribution in [1.82, 2.24) is 15.5 Å². The zero-order chi connectivity index (χ0) is 13.9. The lowest BCUT2D eigenvalue weighted by Crippen LogP contribution is -2.41. The third kappa shape index (κ3) is 3.62. The van der Waals surface area contributed by atoms with Crippen molar-refractivity contribution in [1.29, 1.82) is 0 Å². The smallest absolute Gasteiger partial charge is 0.239 e. The fourth-order valence-electron chi connectivity index (χ4n) is 1.52. The maximum Gasteiger partial charge on any atom is 0.239 e. The van der Waals surface area contributed by atoms with Gasteiger partial charge in [-0.25, -0.2) is 4.98 Å². The maximum absolute atomic E-state index is 11.8. The van der Waals surface area contributed by atoms with Crippen molar-refractivity contribution >= 4 is 23.1 Å². The van der Waals surface area contributed by atoms with Crippen molar-refractivity contribution < 1.29 is 9.32 Å². The summed E-state index contributed by atoms with van der Waals surface area (Å²) < 4.78 is 4.88. The van der Waals surface area contributed by atoms with Crippen LogP contribution >= 0.6 is 11.3 Å². The number of thiazole rings is 1. The number of carbonyl (C=O) groups is 1. The molecule has 0 radical (unpaired) electrons. The van der Waals surface area contributed by atoms with Crippen LogP contribution in [0.25, 0.3) is 0 Å². The molecule has 0 atom stereocenters. The molecule has 2 aromatic heterocycles. The molecule has 7 heteroatoms. The molecule has 0 saturated heterocycles. The second-order valence-corrected chi connectivity index (χ2v) is 5.58. The average Bonchev–Trinajstić information content (AvgIpc) is 2.98. The Kier molecular flexibility index (Phi) is 3.96. The van der Waals surface area contributed by atoms with Crippen molar-refractivity contribution in [2.45, 2.75) is 26.3 Å². The van der Waals surface area contributed by atoms with Crippen LogP contribution in [0, 0.1) is 6.92 Å². The number of nitrogens with zero attached hydrogens (tertiary/aromatic N) is 2. The summed E-state index contributed by atoms with van der Waals surface area (Å²) in [6.07, 6.45) is 1.75. The average molecular weight is 280 g/mol. The van der Waals surface area contributed by atoms with Crippen molar-refractivity contribution in [3.8, 4) is 0 Å². The van der Waals surface area contributed by atoms with Crippen LogP contribution in [0.5, 0.6) is 0 Å². The summed E-state index contributed by atoms with van der Waals surface area (Å²) in [5.41, 5.74) is -0.342. The first-order valence-corrected chi connectivity index (χ1v) is 6.73. The summed E-state index contributed by atoms with van der Waals surface area (Å²) in [5, 5.41) is 12.4. The van der Waals surface area contributed by atoms with Gasteiger partial charge < -0.3 is 9.84 Å². The molecule has 19 heavy (non-hydrogen) atoms. The van der Waals surface area contributed by atoms with E-state index in [2.05, 4.69) is 20.8 Å². The van der Waals surface area contributed by atoms with Gasteiger partial charge in [0.2, 0.25) is 5.91 Å². The Morgan fingerprint density at radius 1 is 1.53 bits per heavy atom. The molecule has 2 N–H and O–H groups in total. The minimum absolute atomic E-state index is 0.169. The lowest BCUT2D eigenvalue weighted by molar-refractivity contribution is -0.115. The standard InChI is InChI=1S/C12H16N4O2S/c1-8-6-9(16-18-8)15-10(17)7-14-12(2,3)11-13-4-5-19-11/h4-6,14H,7H2,1-3H3,(H,15,16,17). The van der Waals surface area contributed by atoms with E-state index in [1.165, 1.54) is 0 Å². The molecule has 2 heterocycles. The summed E-state index contributed by atoms with van der Waals surface area (Å²) in [6, 6.07) is 1.67. The van der Waals surface area contributed by atoms with Crippen LogP contribution in [-0.4, -0.2) is 22.6 Å². The summed E-state index contributed by atoms with van der Waals surface area (Å²) in [6.45, 7) is 5.92. The van der Waals surface area contributed by atoms with E-state index in [0.29, 0.717) is 11.6 Å². The molecule has 0 saturated carbocycles. The van der Waals surface area contributed by atoms with E-state index in [1.807, 2.05) is 19.2 Å². The lowest BCUT2D eigenvalue weighted by atomic mass is 10.1. The first-order valence-electron chi connectivity index (χ1n) is 5.85. The fourth-order valence-corrected chi connectivity index (χ4v) is 2.26. The van der Waals surface area contributed by atoms with Gasteiger partial charge in [0.05, 0.1) is 12.1 Å². The Morgan fingerprint density at radius 2 is 2.32 bits per heavy atom. The Labute approximate surface area is 115 Å². The number of anilines is 1. The minimum atomic E-state index is -0.342. The number of aryl methyl sites for hydroxylation is 1. The molecule has 2 rings (SSSR count). The van der Waals surface area contributed by atoms with Crippen LogP contribution in [0.1, 0.15) is 24.6 Å². The molecule has 2 aromatic rings. The van der Waals surface area contributed by atoms with E-state index in [0.717, 1.165) is 5.01 Å². The van der Waals surface area contributed by atoms with E-state index in [1.54, 1.807) is 30.5 Å². The van der Waals surface area contributed by atoms with Crippen LogP contribution < -0.4 is 10.6 Å². The predicted molar refractivity (Wildman–Crippen MR) is 73.0 cm³/mol. The first kappa shape index (κ1) is 13.7. The molecule has 102 valence electrons. The van der Waals surface area contributed by atoms with Gasteiger partial charge in [0, 0.05) is 17.6 Å². The van der Waals surface area contributed by atoms with Gasteiger partial charge in [-0.05, 0) is 20.8 Å². The third-order valence-corrected chi connectivity index (χ3v) is 3.65. The highest BCUT2D eigenvalue weighted by molar-refractivity contribution is 7.09. The Morgan fingerprint density at radius 3 is 2.89 bits per heavy atom. The highest BCUT2D eigenvalue weighted by Crippen LogP contribution is 2.21. The van der Waals surface area contributed by atoms with Crippen molar-refractivity contribution in [3.63, 3.8) is 0 Å². The summed E-state index contributed by atoms with van der Waals surface area (Å²) in [7, 11) is 0. The van der Waals surface area contributed by atoms with Crippen molar-refractivity contribution in [3.05, 3.63) is 28.4 Å². The SMILES string of the molecule is Cc1cc(NC(=O)CNC(C)(C)c2nccs2)no1. The highest BCUT2D eigenvalue weighted by Gasteiger charge is 2.23. The molecular weight excluding hydrogens is 264 g/mol. The molecule has 0 bridgehead atoms. The fraction of sp³-hybridized carbons (Fsp3) is 0.417. The quantitative estimate of drug-likeness (QED) is 0.874. The molecule has 0 fully saturated rings. The second kappa shape index (κ2) is 5.50. The van der Waals surface area contributed by atoms with Gasteiger partial charge in [0.25, 0.3) is 0 Å². The minimum Gasteiger partial charge on any atom is -0.360 e. The molecule has 0 spiro atoms. The highest BCUT2D eigenvalue weighted by atomic mass is 32.1. The van der Waals surface area contributed by atoms with Gasteiger partial charge in [-0.2, -0.15) is 0 Å². The van der Waals surface area contributed by atoms with Gasteiger partial charge >= 0.3 is 0 Å². The molecule has 0 unspecified atom stereocenters. The molecule has 0 aliphatic heterocycles. The van der Waals surface area contributed by atoms with Crippen LogP contribution in [0.4, 0.5) is 5.82 Å². The van der Waals surface area contributed by atoms with E-state index >= 15 is 0 Å². The molecule has 0 aliphatic rings. The monoisotopic (exact) mass is 280 g/mol. The summed E-state index contributed by atoms with van der Waals surface area (Å²) in [4.78, 5) is 16.0. The zero-order valence-electron chi connectivity index (χ0n) is 11.1. The molecule has 1 amide bonds. The summed E-state index contributed by atoms with van der Waals surface area (Å²) >= 11 is 1.56. The van der Waals surface area contributed by atoms with E-state index in [9.17, 15) is 4.79 Å². The van der Waals surface area contributed by atoms with E-state index in [-0.39, 0.29) is 18.0 Å². The predicted octanol–water partition coefficient (Wildman–Crippen LogP) is 1.90. The Bertz CT molecular complexity index is 548. The van der Waals surface area contributed by atoms with Crippen LogP contribution in [0.2, 0.25) is 0 Å². The second-order valence-electron chi connectivity index (χ2n) is 4.69. The number of rotatable bonds is 5. The topological polar surface area (TPSA) is 80.0 Å². The van der Waals surface area contributed by atoms with E-state index in [4.69, 9.17) is 4.52 Å². The largest absolute Gasteiger partial charge is 0.360 e. The number of carbonyl (C=O) groups excluding carboxylic acids is 1. The number of aromatic nitrogens is 2. The lowest BCUT2D eigenvalue weighted by Gasteiger charge is -2.23. The first-order chi connectivity index (χ1) is 8.97. The van der Waals surface area contributed by atoms with Crippen molar-refractivity contribution in [2.24, 2.45) is 0 Å². The summed E-state index contributed by atoms with van der Waals surface area (Å²) in [5.74, 6) is 0.917. The Balaban J connectivity index is 1.87. The van der Waals surface area contributed by atoms with E-state index < -0.39 is 0 Å². The van der Waals surface area contributed by atoms with Gasteiger partial charge in [-0.3, -0.25) is 10.1 Å². The van der Waals surface area contributed by atoms with Crippen molar-refractivity contribution in [2.75, 3.05) is 11.9 Å². The van der Waals surface area contributed by atoms with Gasteiger partial charge in [-0.1, -0.05) is 5.16 Å².